The molecule has 0 fully saturated rings. The lowest BCUT2D eigenvalue weighted by Crippen LogP contribution is -2.34. The Morgan fingerprint density at radius 1 is 1.14 bits per heavy atom. The van der Waals surface area contributed by atoms with Crippen molar-refractivity contribution in [2.45, 2.75) is 43.5 Å². The highest BCUT2D eigenvalue weighted by Gasteiger charge is 2.21. The Labute approximate surface area is 175 Å². The SMILES string of the molecule is CC[C@@H](CNC(=O)[C@@H](C)Sc1nnc(-c2ccc(C)cc2)n1N)c1ccccc1. The maximum absolute atomic E-state index is 12.6. The molecule has 3 rings (SSSR count). The van der Waals surface area contributed by atoms with Gasteiger partial charge in [-0.3, -0.25) is 4.79 Å². The summed E-state index contributed by atoms with van der Waals surface area (Å²) in [6.45, 7) is 6.61. The molecule has 0 aliphatic rings. The van der Waals surface area contributed by atoms with E-state index in [1.165, 1.54) is 22.0 Å². The normalized spacial score (nSPS) is 13.1. The van der Waals surface area contributed by atoms with Crippen molar-refractivity contribution in [2.24, 2.45) is 0 Å². The molecule has 0 radical (unpaired) electrons. The molecule has 0 unspecified atom stereocenters. The molecular formula is C22H27N5OS. The van der Waals surface area contributed by atoms with Crippen LogP contribution in [0.2, 0.25) is 0 Å². The molecular weight excluding hydrogens is 382 g/mol. The summed E-state index contributed by atoms with van der Waals surface area (Å²) in [5.41, 5.74) is 3.29. The summed E-state index contributed by atoms with van der Waals surface area (Å²) in [6.07, 6.45) is 0.961. The van der Waals surface area contributed by atoms with Crippen LogP contribution in [-0.2, 0) is 4.79 Å². The Morgan fingerprint density at radius 2 is 1.83 bits per heavy atom. The Hall–Kier alpha value is -2.80. The number of nitrogens with two attached hydrogens (primary N) is 1. The fourth-order valence-electron chi connectivity index (χ4n) is 3.06. The molecule has 29 heavy (non-hydrogen) atoms. The van der Waals surface area contributed by atoms with E-state index in [-0.39, 0.29) is 11.2 Å². The van der Waals surface area contributed by atoms with Crippen molar-refractivity contribution in [2.75, 3.05) is 12.4 Å². The number of hydrogen-bond acceptors (Lipinski definition) is 5. The molecule has 2 atom stereocenters. The van der Waals surface area contributed by atoms with E-state index in [1.807, 2.05) is 56.3 Å². The van der Waals surface area contributed by atoms with Crippen molar-refractivity contribution in [3.05, 3.63) is 65.7 Å². The molecule has 0 spiro atoms. The molecule has 0 aliphatic heterocycles. The quantitative estimate of drug-likeness (QED) is 0.437. The van der Waals surface area contributed by atoms with Crippen LogP contribution in [0.1, 0.15) is 37.3 Å². The van der Waals surface area contributed by atoms with E-state index in [9.17, 15) is 4.79 Å². The molecule has 3 N–H and O–H groups in total. The number of hydrogen-bond donors (Lipinski definition) is 2. The average Bonchev–Trinajstić information content (AvgIpc) is 3.10. The molecule has 2 aromatic carbocycles. The number of rotatable bonds is 8. The third kappa shape index (κ3) is 5.17. The fourth-order valence-corrected chi connectivity index (χ4v) is 3.85. The van der Waals surface area contributed by atoms with Gasteiger partial charge in [-0.1, -0.05) is 78.8 Å². The molecule has 0 saturated carbocycles. The van der Waals surface area contributed by atoms with Crippen LogP contribution >= 0.6 is 11.8 Å². The second kappa shape index (κ2) is 9.60. The number of nitrogens with one attached hydrogen (secondary N) is 1. The van der Waals surface area contributed by atoms with Crippen LogP contribution in [-0.4, -0.2) is 32.6 Å². The minimum absolute atomic E-state index is 0.0377. The Morgan fingerprint density at radius 3 is 2.48 bits per heavy atom. The van der Waals surface area contributed by atoms with Crippen molar-refractivity contribution in [3.63, 3.8) is 0 Å². The molecule has 0 aliphatic carbocycles. The summed E-state index contributed by atoms with van der Waals surface area (Å²) < 4.78 is 1.44. The zero-order valence-corrected chi connectivity index (χ0v) is 17.8. The van der Waals surface area contributed by atoms with Gasteiger partial charge in [0.15, 0.2) is 5.82 Å². The second-order valence-electron chi connectivity index (χ2n) is 7.06. The lowest BCUT2D eigenvalue weighted by atomic mass is 9.96. The van der Waals surface area contributed by atoms with Crippen LogP contribution in [0.5, 0.6) is 0 Å². The van der Waals surface area contributed by atoms with Gasteiger partial charge in [0, 0.05) is 18.0 Å². The van der Waals surface area contributed by atoms with Crippen LogP contribution in [0, 0.1) is 6.92 Å². The highest BCUT2D eigenvalue weighted by Crippen LogP contribution is 2.25. The van der Waals surface area contributed by atoms with Crippen molar-refractivity contribution < 1.29 is 4.79 Å². The van der Waals surface area contributed by atoms with E-state index in [0.717, 1.165) is 17.5 Å². The number of carbonyl (C=O) groups is 1. The van der Waals surface area contributed by atoms with E-state index < -0.39 is 0 Å². The van der Waals surface area contributed by atoms with Gasteiger partial charge in [-0.05, 0) is 25.8 Å². The summed E-state index contributed by atoms with van der Waals surface area (Å²) in [6, 6.07) is 18.2. The zero-order chi connectivity index (χ0) is 20.8. The highest BCUT2D eigenvalue weighted by atomic mass is 32.2. The number of benzene rings is 2. The van der Waals surface area contributed by atoms with Crippen LogP contribution < -0.4 is 11.2 Å². The molecule has 0 saturated heterocycles. The number of thioether (sulfide) groups is 1. The Kier molecular flexibility index (Phi) is 6.93. The van der Waals surface area contributed by atoms with Gasteiger partial charge in [-0.2, -0.15) is 0 Å². The first-order chi connectivity index (χ1) is 14.0. The van der Waals surface area contributed by atoms with Gasteiger partial charge in [0.1, 0.15) is 0 Å². The van der Waals surface area contributed by atoms with Gasteiger partial charge in [0.2, 0.25) is 11.1 Å². The minimum Gasteiger partial charge on any atom is -0.355 e. The largest absolute Gasteiger partial charge is 0.355 e. The lowest BCUT2D eigenvalue weighted by molar-refractivity contribution is -0.120. The third-order valence-electron chi connectivity index (χ3n) is 4.91. The maximum Gasteiger partial charge on any atom is 0.233 e. The molecule has 7 heteroatoms. The van der Waals surface area contributed by atoms with Gasteiger partial charge in [-0.15, -0.1) is 10.2 Å². The molecule has 1 aromatic heterocycles. The molecule has 6 nitrogen and oxygen atoms in total. The second-order valence-corrected chi connectivity index (χ2v) is 8.37. The fraction of sp³-hybridized carbons (Fsp3) is 0.318. The van der Waals surface area contributed by atoms with Gasteiger partial charge in [0.25, 0.3) is 0 Å². The van der Waals surface area contributed by atoms with Crippen molar-refractivity contribution in [3.8, 4) is 11.4 Å². The maximum atomic E-state index is 12.6. The van der Waals surface area contributed by atoms with Gasteiger partial charge in [0.05, 0.1) is 5.25 Å². The number of aromatic nitrogens is 3. The standard InChI is InChI=1S/C22H27N5OS/c1-4-17(18-8-6-5-7-9-18)14-24-21(28)16(3)29-22-26-25-20(27(22)23)19-12-10-15(2)11-13-19/h5-13,16-17H,4,14,23H2,1-3H3,(H,24,28)/t16-,17+/m1/s1. The first kappa shape index (κ1) is 20.9. The van der Waals surface area contributed by atoms with Crippen LogP contribution in [0.4, 0.5) is 0 Å². The number of nitrogen functional groups attached to an aromatic ring is 1. The summed E-state index contributed by atoms with van der Waals surface area (Å²) >= 11 is 1.30. The highest BCUT2D eigenvalue weighted by molar-refractivity contribution is 8.00. The van der Waals surface area contributed by atoms with Gasteiger partial charge < -0.3 is 11.2 Å². The first-order valence-electron chi connectivity index (χ1n) is 9.76. The molecule has 152 valence electrons. The number of amides is 1. The first-order valence-corrected chi connectivity index (χ1v) is 10.6. The zero-order valence-electron chi connectivity index (χ0n) is 17.0. The van der Waals surface area contributed by atoms with Crippen molar-refractivity contribution >= 4 is 17.7 Å². The predicted octanol–water partition coefficient (Wildman–Crippen LogP) is 3.76. The Balaban J connectivity index is 1.60. The predicted molar refractivity (Wildman–Crippen MR) is 118 cm³/mol. The van der Waals surface area contributed by atoms with Crippen LogP contribution in [0.25, 0.3) is 11.4 Å². The third-order valence-corrected chi connectivity index (χ3v) is 5.97. The van der Waals surface area contributed by atoms with Crippen molar-refractivity contribution in [1.29, 1.82) is 0 Å². The smallest absolute Gasteiger partial charge is 0.233 e. The van der Waals surface area contributed by atoms with Crippen LogP contribution in [0.3, 0.4) is 0 Å². The van der Waals surface area contributed by atoms with E-state index >= 15 is 0 Å². The molecule has 1 heterocycles. The summed E-state index contributed by atoms with van der Waals surface area (Å²) in [5, 5.41) is 11.6. The average molecular weight is 410 g/mol. The van der Waals surface area contributed by atoms with Crippen LogP contribution in [0.15, 0.2) is 59.8 Å². The summed E-state index contributed by atoms with van der Waals surface area (Å²) in [5.74, 6) is 7.02. The lowest BCUT2D eigenvalue weighted by Gasteiger charge is -2.18. The van der Waals surface area contributed by atoms with E-state index in [1.54, 1.807) is 0 Å². The van der Waals surface area contributed by atoms with E-state index in [4.69, 9.17) is 5.84 Å². The topological polar surface area (TPSA) is 85.8 Å². The molecule has 1 amide bonds. The number of nitrogens with zero attached hydrogens (tertiary/aromatic N) is 3. The number of carbonyl (C=O) groups excluding carboxylic acids is 1. The van der Waals surface area contributed by atoms with Gasteiger partial charge in [-0.25, -0.2) is 4.68 Å². The van der Waals surface area contributed by atoms with E-state index in [0.29, 0.717) is 23.4 Å². The summed E-state index contributed by atoms with van der Waals surface area (Å²) in [4.78, 5) is 12.6. The number of aryl methyl sites for hydroxylation is 1. The Bertz CT molecular complexity index is 940. The minimum atomic E-state index is -0.333. The monoisotopic (exact) mass is 409 g/mol. The molecule has 3 aromatic rings. The summed E-state index contributed by atoms with van der Waals surface area (Å²) in [7, 11) is 0. The van der Waals surface area contributed by atoms with E-state index in [2.05, 4.69) is 34.6 Å². The molecule has 0 bridgehead atoms. The van der Waals surface area contributed by atoms with Gasteiger partial charge >= 0.3 is 0 Å². The van der Waals surface area contributed by atoms with Crippen molar-refractivity contribution in [1.82, 2.24) is 20.2 Å².